The minimum Gasteiger partial charge on any atom is -0.323 e. The van der Waals surface area contributed by atoms with E-state index >= 15 is 0 Å². The molecule has 0 saturated heterocycles. The van der Waals surface area contributed by atoms with E-state index in [0.717, 1.165) is 17.7 Å². The predicted octanol–water partition coefficient (Wildman–Crippen LogP) is 3.38. The van der Waals surface area contributed by atoms with Crippen LogP contribution in [0.5, 0.6) is 0 Å². The van der Waals surface area contributed by atoms with Gasteiger partial charge >= 0.3 is 0 Å². The number of hydrogen-bond donors (Lipinski definition) is 1. The fourth-order valence-corrected chi connectivity index (χ4v) is 3.99. The molecule has 0 bridgehead atoms. The molecular formula is C13H14Cl2N2O2S. The van der Waals surface area contributed by atoms with Gasteiger partial charge in [-0.1, -0.05) is 36.5 Å². The molecule has 0 radical (unpaired) electrons. The lowest BCUT2D eigenvalue weighted by molar-refractivity contribution is 0.597. The third kappa shape index (κ3) is 2.86. The molecule has 4 nitrogen and oxygen atoms in total. The van der Waals surface area contributed by atoms with Crippen LogP contribution < -0.4 is 5.14 Å². The summed E-state index contributed by atoms with van der Waals surface area (Å²) in [5, 5.41) is 5.32. The zero-order valence-electron chi connectivity index (χ0n) is 10.8. The van der Waals surface area contributed by atoms with Gasteiger partial charge in [-0.3, -0.25) is 0 Å². The summed E-state index contributed by atoms with van der Waals surface area (Å²) in [7, 11) is -3.96. The van der Waals surface area contributed by atoms with Gasteiger partial charge in [0.05, 0.1) is 15.7 Å². The molecule has 1 aromatic carbocycles. The quantitative estimate of drug-likeness (QED) is 0.932. The van der Waals surface area contributed by atoms with Crippen LogP contribution in [0.4, 0.5) is 0 Å². The van der Waals surface area contributed by atoms with Gasteiger partial charge in [-0.05, 0) is 30.2 Å². The van der Waals surface area contributed by atoms with Gasteiger partial charge in [-0.15, -0.1) is 0 Å². The predicted molar refractivity (Wildman–Crippen MR) is 81.2 cm³/mol. The Hall–Kier alpha value is -1.01. The molecule has 7 heteroatoms. The zero-order chi connectivity index (χ0) is 14.9. The van der Waals surface area contributed by atoms with Gasteiger partial charge in [0.2, 0.25) is 10.0 Å². The summed E-state index contributed by atoms with van der Waals surface area (Å²) in [5.41, 5.74) is 1.48. The van der Waals surface area contributed by atoms with Crippen LogP contribution in [0.25, 0.3) is 5.69 Å². The summed E-state index contributed by atoms with van der Waals surface area (Å²) in [6.07, 6.45) is 5.14. The number of benzene rings is 1. The molecule has 2 aromatic rings. The van der Waals surface area contributed by atoms with Gasteiger partial charge in [0.25, 0.3) is 0 Å². The molecule has 0 fully saturated rings. The highest BCUT2D eigenvalue weighted by Crippen LogP contribution is 2.36. The molecule has 1 aromatic heterocycles. The van der Waals surface area contributed by atoms with Crippen molar-refractivity contribution in [3.05, 3.63) is 46.2 Å². The minimum absolute atomic E-state index is 0.0288. The van der Waals surface area contributed by atoms with Crippen LogP contribution >= 0.6 is 23.2 Å². The highest BCUT2D eigenvalue weighted by Gasteiger charge is 2.23. The molecule has 0 saturated carbocycles. The molecule has 0 atom stereocenters. The molecule has 2 N–H and O–H groups in total. The zero-order valence-corrected chi connectivity index (χ0v) is 13.1. The molecular weight excluding hydrogens is 319 g/mol. The average Bonchev–Trinajstić information content (AvgIpc) is 2.84. The smallest absolute Gasteiger partial charge is 0.241 e. The van der Waals surface area contributed by atoms with Crippen molar-refractivity contribution in [2.45, 2.75) is 24.7 Å². The Morgan fingerprint density at radius 3 is 2.35 bits per heavy atom. The number of nitrogens with zero attached hydrogens (tertiary/aromatic N) is 1. The topological polar surface area (TPSA) is 65.1 Å². The van der Waals surface area contributed by atoms with Gasteiger partial charge in [0, 0.05) is 12.4 Å². The molecule has 2 rings (SSSR count). The molecule has 0 spiro atoms. The number of aromatic nitrogens is 1. The maximum Gasteiger partial charge on any atom is 0.241 e. The number of rotatable bonds is 4. The number of halogens is 2. The van der Waals surface area contributed by atoms with E-state index < -0.39 is 10.0 Å². The normalized spacial score (nSPS) is 11.8. The Balaban J connectivity index is 2.79. The number of hydrogen-bond acceptors (Lipinski definition) is 2. The van der Waals surface area contributed by atoms with Crippen LogP contribution in [0.1, 0.15) is 18.9 Å². The van der Waals surface area contributed by atoms with Gasteiger partial charge in [0.15, 0.2) is 0 Å². The van der Waals surface area contributed by atoms with Crippen molar-refractivity contribution in [2.75, 3.05) is 0 Å². The molecule has 108 valence electrons. The lowest BCUT2D eigenvalue weighted by Crippen LogP contribution is -2.15. The maximum absolute atomic E-state index is 11.6. The minimum atomic E-state index is -3.96. The van der Waals surface area contributed by atoms with Crippen molar-refractivity contribution in [3.63, 3.8) is 0 Å². The molecule has 0 aliphatic heterocycles. The standard InChI is InChI=1S/C13H14Cl2N2O2S/c1-2-5-9-11(17-6-3-4-7-17)8-10(14)13(12(9)15)20(16,18)19/h3-4,6-8H,2,5H2,1H3,(H2,16,18,19). The first-order valence-corrected chi connectivity index (χ1v) is 8.33. The van der Waals surface area contributed by atoms with E-state index in [1.807, 2.05) is 36.0 Å². The van der Waals surface area contributed by atoms with E-state index in [1.54, 1.807) is 6.07 Å². The van der Waals surface area contributed by atoms with E-state index in [4.69, 9.17) is 28.3 Å². The van der Waals surface area contributed by atoms with Crippen LogP contribution in [-0.2, 0) is 16.4 Å². The van der Waals surface area contributed by atoms with Crippen molar-refractivity contribution >= 4 is 33.2 Å². The molecule has 0 aliphatic rings. The summed E-state index contributed by atoms with van der Waals surface area (Å²) < 4.78 is 25.1. The van der Waals surface area contributed by atoms with E-state index in [0.29, 0.717) is 6.42 Å². The van der Waals surface area contributed by atoms with E-state index in [2.05, 4.69) is 0 Å². The first kappa shape index (κ1) is 15.4. The lowest BCUT2D eigenvalue weighted by Gasteiger charge is -2.16. The van der Waals surface area contributed by atoms with Crippen LogP contribution in [0, 0.1) is 0 Å². The molecule has 0 amide bonds. The second kappa shape index (κ2) is 5.77. The van der Waals surface area contributed by atoms with E-state index in [1.165, 1.54) is 0 Å². The molecule has 20 heavy (non-hydrogen) atoms. The van der Waals surface area contributed by atoms with Crippen molar-refractivity contribution in [2.24, 2.45) is 5.14 Å². The highest BCUT2D eigenvalue weighted by molar-refractivity contribution is 7.89. The summed E-state index contributed by atoms with van der Waals surface area (Å²) in [4.78, 5) is -0.208. The molecule has 1 heterocycles. The molecule has 0 aliphatic carbocycles. The Morgan fingerprint density at radius 1 is 1.25 bits per heavy atom. The van der Waals surface area contributed by atoms with Gasteiger partial charge < -0.3 is 4.57 Å². The van der Waals surface area contributed by atoms with Crippen LogP contribution in [-0.4, -0.2) is 13.0 Å². The maximum atomic E-state index is 11.6. The van der Waals surface area contributed by atoms with Gasteiger partial charge in [-0.2, -0.15) is 0 Å². The van der Waals surface area contributed by atoms with Crippen LogP contribution in [0.2, 0.25) is 10.0 Å². The summed E-state index contributed by atoms with van der Waals surface area (Å²) >= 11 is 12.3. The van der Waals surface area contributed by atoms with E-state index in [9.17, 15) is 8.42 Å². The summed E-state index contributed by atoms with van der Waals surface area (Å²) in [5.74, 6) is 0. The third-order valence-electron chi connectivity index (χ3n) is 2.92. The fraction of sp³-hybridized carbons (Fsp3) is 0.231. The Morgan fingerprint density at radius 2 is 1.85 bits per heavy atom. The molecule has 0 unspecified atom stereocenters. The largest absolute Gasteiger partial charge is 0.323 e. The Kier molecular flexibility index (Phi) is 4.44. The second-order valence-electron chi connectivity index (χ2n) is 4.38. The van der Waals surface area contributed by atoms with Crippen molar-refractivity contribution in [1.29, 1.82) is 0 Å². The third-order valence-corrected chi connectivity index (χ3v) is 4.85. The monoisotopic (exact) mass is 332 g/mol. The van der Waals surface area contributed by atoms with Crippen molar-refractivity contribution in [1.82, 2.24) is 4.57 Å². The fourth-order valence-electron chi connectivity index (χ4n) is 2.10. The van der Waals surface area contributed by atoms with Gasteiger partial charge in [0.1, 0.15) is 4.90 Å². The Labute approximate surface area is 128 Å². The highest BCUT2D eigenvalue weighted by atomic mass is 35.5. The lowest BCUT2D eigenvalue weighted by atomic mass is 10.1. The van der Waals surface area contributed by atoms with Crippen LogP contribution in [0.3, 0.4) is 0 Å². The first-order valence-electron chi connectivity index (χ1n) is 6.03. The van der Waals surface area contributed by atoms with Gasteiger partial charge in [-0.25, -0.2) is 13.6 Å². The van der Waals surface area contributed by atoms with Crippen LogP contribution in [0.15, 0.2) is 35.5 Å². The van der Waals surface area contributed by atoms with Crippen molar-refractivity contribution in [3.8, 4) is 5.69 Å². The van der Waals surface area contributed by atoms with E-state index in [-0.39, 0.29) is 14.9 Å². The number of sulfonamides is 1. The average molecular weight is 333 g/mol. The summed E-state index contributed by atoms with van der Waals surface area (Å²) in [6, 6.07) is 5.31. The first-order chi connectivity index (χ1) is 9.36. The summed E-state index contributed by atoms with van der Waals surface area (Å²) in [6.45, 7) is 1.99. The number of primary sulfonamides is 1. The second-order valence-corrected chi connectivity index (χ2v) is 6.67. The van der Waals surface area contributed by atoms with Crippen molar-refractivity contribution < 1.29 is 8.42 Å². The SMILES string of the molecule is CCCc1c(-n2cccc2)cc(Cl)c(S(N)(=O)=O)c1Cl. The Bertz CT molecular complexity index is 725. The number of nitrogens with two attached hydrogens (primary N) is 1.